The normalized spacial score (nSPS) is 24.7. The molecule has 1 aliphatic carbocycles. The molecule has 1 atom stereocenters. The van der Waals surface area contributed by atoms with Crippen molar-refractivity contribution in [3.63, 3.8) is 0 Å². The third kappa shape index (κ3) is 2.24. The minimum absolute atomic E-state index is 0.0841. The van der Waals surface area contributed by atoms with E-state index in [1.165, 1.54) is 12.8 Å². The molecule has 1 aromatic heterocycles. The summed E-state index contributed by atoms with van der Waals surface area (Å²) < 4.78 is 5.45. The van der Waals surface area contributed by atoms with Crippen LogP contribution in [0.2, 0.25) is 0 Å². The van der Waals surface area contributed by atoms with Crippen LogP contribution in [0.25, 0.3) is 0 Å². The number of amides is 2. The second-order valence-corrected chi connectivity index (χ2v) is 5.30. The third-order valence-corrected chi connectivity index (χ3v) is 4.07. The lowest BCUT2D eigenvalue weighted by Crippen LogP contribution is -2.43. The van der Waals surface area contributed by atoms with E-state index in [1.807, 2.05) is 17.0 Å². The van der Waals surface area contributed by atoms with Gasteiger partial charge in [-0.2, -0.15) is 0 Å². The van der Waals surface area contributed by atoms with Gasteiger partial charge in [0.15, 0.2) is 0 Å². The Bertz CT molecular complexity index is 396. The molecule has 98 valence electrons. The van der Waals surface area contributed by atoms with Gasteiger partial charge in [-0.15, -0.1) is 0 Å². The molecular formula is C14H20N2O2. The smallest absolute Gasteiger partial charge is 0.318 e. The highest BCUT2D eigenvalue weighted by Crippen LogP contribution is 2.32. The van der Waals surface area contributed by atoms with E-state index in [2.05, 4.69) is 5.32 Å². The van der Waals surface area contributed by atoms with Gasteiger partial charge in [0, 0.05) is 12.6 Å². The first-order valence-corrected chi connectivity index (χ1v) is 6.95. The molecule has 0 radical (unpaired) electrons. The van der Waals surface area contributed by atoms with E-state index >= 15 is 0 Å². The monoisotopic (exact) mass is 248 g/mol. The first-order valence-electron chi connectivity index (χ1n) is 6.95. The SMILES string of the molecule is O=C(NC1CCCC1)N1CCC[C@H]1c1ccco1. The van der Waals surface area contributed by atoms with Crippen LogP contribution in [0.15, 0.2) is 22.8 Å². The van der Waals surface area contributed by atoms with Crippen LogP contribution in [-0.4, -0.2) is 23.5 Å². The first-order chi connectivity index (χ1) is 8.84. The fraction of sp³-hybridized carbons (Fsp3) is 0.643. The number of rotatable bonds is 2. The zero-order valence-corrected chi connectivity index (χ0v) is 10.6. The molecule has 0 bridgehead atoms. The van der Waals surface area contributed by atoms with Crippen molar-refractivity contribution in [2.45, 2.75) is 50.6 Å². The van der Waals surface area contributed by atoms with Crippen LogP contribution < -0.4 is 5.32 Å². The highest BCUT2D eigenvalue weighted by Gasteiger charge is 2.32. The van der Waals surface area contributed by atoms with Crippen molar-refractivity contribution in [1.82, 2.24) is 10.2 Å². The van der Waals surface area contributed by atoms with Gasteiger partial charge in [-0.25, -0.2) is 4.79 Å². The topological polar surface area (TPSA) is 45.5 Å². The van der Waals surface area contributed by atoms with Gasteiger partial charge in [0.05, 0.1) is 12.3 Å². The molecule has 1 aromatic rings. The van der Waals surface area contributed by atoms with Crippen molar-refractivity contribution in [2.24, 2.45) is 0 Å². The summed E-state index contributed by atoms with van der Waals surface area (Å²) in [6.45, 7) is 0.837. The lowest BCUT2D eigenvalue weighted by Gasteiger charge is -2.25. The van der Waals surface area contributed by atoms with E-state index < -0.39 is 0 Å². The molecule has 4 nitrogen and oxygen atoms in total. The Hall–Kier alpha value is -1.45. The summed E-state index contributed by atoms with van der Waals surface area (Å²) in [6, 6.07) is 4.45. The third-order valence-electron chi connectivity index (χ3n) is 4.07. The Balaban J connectivity index is 1.65. The van der Waals surface area contributed by atoms with Crippen molar-refractivity contribution in [3.8, 4) is 0 Å². The lowest BCUT2D eigenvalue weighted by atomic mass is 10.2. The summed E-state index contributed by atoms with van der Waals surface area (Å²) in [4.78, 5) is 14.2. The maximum absolute atomic E-state index is 12.3. The van der Waals surface area contributed by atoms with Gasteiger partial charge in [-0.3, -0.25) is 0 Å². The molecule has 3 rings (SSSR count). The number of hydrogen-bond donors (Lipinski definition) is 1. The quantitative estimate of drug-likeness (QED) is 0.874. The number of urea groups is 1. The van der Waals surface area contributed by atoms with E-state index in [-0.39, 0.29) is 12.1 Å². The van der Waals surface area contributed by atoms with Gasteiger partial charge in [-0.1, -0.05) is 12.8 Å². The molecule has 1 N–H and O–H groups in total. The number of carbonyl (C=O) groups is 1. The molecule has 2 amide bonds. The van der Waals surface area contributed by atoms with Crippen molar-refractivity contribution >= 4 is 6.03 Å². The summed E-state index contributed by atoms with van der Waals surface area (Å²) in [7, 11) is 0. The van der Waals surface area contributed by atoms with Crippen molar-refractivity contribution in [2.75, 3.05) is 6.54 Å². The van der Waals surface area contributed by atoms with E-state index in [1.54, 1.807) is 6.26 Å². The molecule has 2 heterocycles. The summed E-state index contributed by atoms with van der Waals surface area (Å²) in [6.07, 6.45) is 8.49. The predicted molar refractivity (Wildman–Crippen MR) is 68.2 cm³/mol. The summed E-state index contributed by atoms with van der Waals surface area (Å²) in [5.41, 5.74) is 0. The van der Waals surface area contributed by atoms with E-state index in [4.69, 9.17) is 4.42 Å². The molecule has 1 saturated carbocycles. The largest absolute Gasteiger partial charge is 0.467 e. The summed E-state index contributed by atoms with van der Waals surface area (Å²) >= 11 is 0. The standard InChI is InChI=1S/C14H20N2O2/c17-14(15-11-5-1-2-6-11)16-9-3-7-12(16)13-8-4-10-18-13/h4,8,10-12H,1-3,5-7,9H2,(H,15,17)/t12-/m0/s1. The van der Waals surface area contributed by atoms with Crippen LogP contribution in [0.3, 0.4) is 0 Å². The number of nitrogens with zero attached hydrogens (tertiary/aromatic N) is 1. The number of hydrogen-bond acceptors (Lipinski definition) is 2. The second kappa shape index (κ2) is 5.04. The number of nitrogens with one attached hydrogen (secondary N) is 1. The average Bonchev–Trinajstić information content (AvgIpc) is 3.11. The zero-order valence-electron chi connectivity index (χ0n) is 10.6. The number of furan rings is 1. The van der Waals surface area contributed by atoms with Crippen LogP contribution in [0.5, 0.6) is 0 Å². The van der Waals surface area contributed by atoms with Crippen LogP contribution in [-0.2, 0) is 0 Å². The fourth-order valence-electron chi connectivity index (χ4n) is 3.11. The molecule has 18 heavy (non-hydrogen) atoms. The Morgan fingerprint density at radius 1 is 1.28 bits per heavy atom. The lowest BCUT2D eigenvalue weighted by molar-refractivity contribution is 0.182. The highest BCUT2D eigenvalue weighted by atomic mass is 16.3. The minimum atomic E-state index is 0.0841. The predicted octanol–water partition coefficient (Wildman–Crippen LogP) is 3.07. The Kier molecular flexibility index (Phi) is 3.26. The van der Waals surface area contributed by atoms with Gasteiger partial charge in [0.2, 0.25) is 0 Å². The molecule has 2 fully saturated rings. The molecule has 1 aliphatic heterocycles. The fourth-order valence-corrected chi connectivity index (χ4v) is 3.11. The Morgan fingerprint density at radius 3 is 2.83 bits per heavy atom. The Labute approximate surface area is 107 Å². The van der Waals surface area contributed by atoms with Crippen LogP contribution in [0, 0.1) is 0 Å². The first kappa shape index (κ1) is 11.6. The molecular weight excluding hydrogens is 228 g/mol. The van der Waals surface area contributed by atoms with E-state index in [9.17, 15) is 4.79 Å². The maximum Gasteiger partial charge on any atom is 0.318 e. The second-order valence-electron chi connectivity index (χ2n) is 5.30. The van der Waals surface area contributed by atoms with Gasteiger partial charge in [-0.05, 0) is 37.8 Å². The zero-order chi connectivity index (χ0) is 12.4. The van der Waals surface area contributed by atoms with Crippen LogP contribution in [0.1, 0.15) is 50.3 Å². The van der Waals surface area contributed by atoms with Crippen molar-refractivity contribution in [3.05, 3.63) is 24.2 Å². The minimum Gasteiger partial charge on any atom is -0.467 e. The number of carbonyl (C=O) groups excluding carboxylic acids is 1. The van der Waals surface area contributed by atoms with Crippen molar-refractivity contribution in [1.29, 1.82) is 0 Å². The molecule has 0 aromatic carbocycles. The maximum atomic E-state index is 12.3. The van der Waals surface area contributed by atoms with Gasteiger partial charge in [0.25, 0.3) is 0 Å². The molecule has 2 aliphatic rings. The van der Waals surface area contributed by atoms with Gasteiger partial charge < -0.3 is 14.6 Å². The highest BCUT2D eigenvalue weighted by molar-refractivity contribution is 5.75. The average molecular weight is 248 g/mol. The van der Waals surface area contributed by atoms with E-state index in [0.717, 1.165) is 38.0 Å². The van der Waals surface area contributed by atoms with Gasteiger partial charge in [0.1, 0.15) is 5.76 Å². The number of likely N-dealkylation sites (tertiary alicyclic amines) is 1. The summed E-state index contributed by atoms with van der Waals surface area (Å²) in [5.74, 6) is 0.911. The van der Waals surface area contributed by atoms with Crippen LogP contribution >= 0.6 is 0 Å². The molecule has 4 heteroatoms. The summed E-state index contributed by atoms with van der Waals surface area (Å²) in [5, 5.41) is 3.16. The van der Waals surface area contributed by atoms with Gasteiger partial charge >= 0.3 is 6.03 Å². The molecule has 0 unspecified atom stereocenters. The van der Waals surface area contributed by atoms with E-state index in [0.29, 0.717) is 6.04 Å². The molecule has 1 saturated heterocycles. The van der Waals surface area contributed by atoms with Crippen LogP contribution in [0.4, 0.5) is 4.79 Å². The van der Waals surface area contributed by atoms with Crippen molar-refractivity contribution < 1.29 is 9.21 Å². The Morgan fingerprint density at radius 2 is 2.11 bits per heavy atom. The molecule has 0 spiro atoms.